The lowest BCUT2D eigenvalue weighted by Crippen LogP contribution is -2.61. The number of guanidine groups is 1. The Bertz CT molecular complexity index is 3710. The number of phenolic OH excluding ortho intramolecular Hbond substituents is 1. The molecule has 32 heteroatoms. The van der Waals surface area contributed by atoms with Crippen molar-refractivity contribution in [3.8, 4) is 5.75 Å². The van der Waals surface area contributed by atoms with Crippen LogP contribution in [-0.2, 0) is 81.6 Å². The normalized spacial score (nSPS) is 19.8. The summed E-state index contributed by atoms with van der Waals surface area (Å²) < 4.78 is 0. The van der Waals surface area contributed by atoms with Crippen molar-refractivity contribution in [3.05, 3.63) is 113 Å². The number of rotatable bonds is 31. The molecule has 6 rings (SSSR count). The molecule has 13 amide bonds. The first kappa shape index (κ1) is 81.5. The Morgan fingerprint density at radius 3 is 1.89 bits per heavy atom. The molecule has 2 saturated heterocycles. The number of aromatic hydroxyl groups is 1. The van der Waals surface area contributed by atoms with Crippen LogP contribution in [0.15, 0.2) is 96.0 Å². The number of primary amides is 1. The molecule has 0 aromatic heterocycles. The van der Waals surface area contributed by atoms with E-state index in [0.29, 0.717) is 41.0 Å². The van der Waals surface area contributed by atoms with Crippen molar-refractivity contribution in [3.63, 3.8) is 0 Å². The summed E-state index contributed by atoms with van der Waals surface area (Å²) >= 11 is 6.16. The van der Waals surface area contributed by atoms with Crippen molar-refractivity contribution >= 4 is 105 Å². The van der Waals surface area contributed by atoms with Gasteiger partial charge in [-0.05, 0) is 116 Å². The van der Waals surface area contributed by atoms with Crippen LogP contribution in [-0.4, -0.2) is 190 Å². The van der Waals surface area contributed by atoms with Crippen molar-refractivity contribution < 1.29 is 72.5 Å². The molecule has 103 heavy (non-hydrogen) atoms. The number of halogens is 1. The van der Waals surface area contributed by atoms with E-state index >= 15 is 9.59 Å². The Morgan fingerprint density at radius 2 is 1.27 bits per heavy atom. The van der Waals surface area contributed by atoms with Gasteiger partial charge in [0.2, 0.25) is 76.8 Å². The molecule has 0 spiro atoms. The molecule has 2 aliphatic heterocycles. The minimum Gasteiger partial charge on any atom is -0.508 e. The van der Waals surface area contributed by atoms with Gasteiger partial charge < -0.3 is 90.8 Å². The van der Waals surface area contributed by atoms with Crippen molar-refractivity contribution in [2.24, 2.45) is 28.1 Å². The largest absolute Gasteiger partial charge is 0.508 e. The Labute approximate surface area is 602 Å². The van der Waals surface area contributed by atoms with Gasteiger partial charge >= 0.3 is 0 Å². The van der Waals surface area contributed by atoms with E-state index in [1.165, 1.54) is 43.0 Å². The molecule has 0 radical (unpaired) electrons. The number of aliphatic hydroxyl groups excluding tert-OH is 1. The summed E-state index contributed by atoms with van der Waals surface area (Å²) in [6.07, 6.45) is 0.392. The van der Waals surface area contributed by atoms with Gasteiger partial charge in [0.25, 0.3) is 0 Å². The first-order valence-electron chi connectivity index (χ1n) is 34.5. The Balaban J connectivity index is 1.31. The summed E-state index contributed by atoms with van der Waals surface area (Å²) in [6, 6.07) is 8.16. The lowest BCUT2D eigenvalue weighted by atomic mass is 9.98. The molecule has 2 heterocycles. The summed E-state index contributed by atoms with van der Waals surface area (Å²) in [4.78, 5) is 188. The number of aliphatic hydroxyl groups is 1. The molecule has 12 atom stereocenters. The van der Waals surface area contributed by atoms with E-state index < -0.39 is 162 Å². The zero-order chi connectivity index (χ0) is 75.6. The highest BCUT2D eigenvalue weighted by Crippen LogP contribution is 2.23. The molecule has 0 aliphatic carbocycles. The molecular weight excluding hydrogens is 1350 g/mol. The summed E-state index contributed by atoms with van der Waals surface area (Å²) in [5, 5.41) is 52.3. The predicted octanol–water partition coefficient (Wildman–Crippen LogP) is -0.829. The Hall–Kier alpha value is -10.4. The molecule has 0 bridgehead atoms. The quantitative estimate of drug-likeness (QED) is 0.0166. The third kappa shape index (κ3) is 25.9. The zero-order valence-electron chi connectivity index (χ0n) is 58.7. The number of unbranched alkanes of at least 4 members (excludes halogenated alkanes) is 1. The molecule has 558 valence electrons. The predicted molar refractivity (Wildman–Crippen MR) is 382 cm³/mol. The summed E-state index contributed by atoms with van der Waals surface area (Å²) in [7, 11) is 0. The third-order valence-corrected chi connectivity index (χ3v) is 17.7. The highest BCUT2D eigenvalue weighted by atomic mass is 35.5. The number of nitrogens with one attached hydrogen (secondary N) is 11. The van der Waals surface area contributed by atoms with Crippen LogP contribution >= 0.6 is 11.6 Å². The maximum absolute atomic E-state index is 15.2. The molecule has 4 aromatic rings. The standard InChI is InChI=1S/C71H97ClN16O15/c1-7-8-15-48-35-55(82-61(94)40(5)77-59(92)36-56(79-41(6)90)67(100)84-52(62(95)80-48)32-42-19-24-47(72)25-20-42)66(99)87-57(37-89)68(101)86-53(33-43-21-26-49(91)27-22-43)64(97)85-54(34-44-18-23-45-13-9-10-14-46(45)31-44)65(98)83-51(30-38(2)3)63(96)81-50(16-11-28-76-71(74)75)70(103)88-29-12-17-58(88)69(102)78-39(4)60(73)93/h9-10,13-14,18-27,31,38-40,48,50-58,89,91H,7-8,11-12,15-17,28-30,32-37H2,1-6H3,(H2,73,93)(H,77,92)(H,78,102)(H,79,90)(H,80,95)(H,81,96)(H,82,94)(H,83,98)(H,84,100)(H,85,97)(H,86,101)(H,87,99)(H4,74,75,76)/t39-,40+,48?,50+,51-,52-,53+,54-,55-,56+,57+,58+/m1/s1. The number of aliphatic imine (C=N–C) groups is 1. The van der Waals surface area contributed by atoms with E-state index in [2.05, 4.69) is 63.5 Å². The number of benzene rings is 4. The number of phenols is 1. The SMILES string of the molecule is CCCCC1C[C@H](C(=O)N[C@@H](CO)C(=O)N[C@@H](Cc2ccc(O)cc2)C(=O)N[C@H](Cc2ccc3ccccc3c2)C(=O)N[C@H](CC(C)C)C(=O)N[C@@H](CCCN=C(N)N)C(=O)N2CCC[C@H]2C(=O)N[C@H](C)C(N)=O)NC(=O)[C@H](C)NC(=O)C[C@H](NC(C)=O)C(=O)N[C@H](Cc2ccc(Cl)cc2)C(=O)N1. The molecule has 31 nitrogen and oxygen atoms in total. The number of carbonyl (C=O) groups excluding carboxylic acids is 13. The van der Waals surface area contributed by atoms with Crippen LogP contribution in [0.25, 0.3) is 10.8 Å². The van der Waals surface area contributed by atoms with Gasteiger partial charge in [-0.25, -0.2) is 0 Å². The van der Waals surface area contributed by atoms with Crippen LogP contribution < -0.4 is 75.7 Å². The summed E-state index contributed by atoms with van der Waals surface area (Å²) in [5.41, 5.74) is 18.1. The first-order valence-corrected chi connectivity index (χ1v) is 34.9. The Kier molecular flexibility index (Phi) is 31.4. The highest BCUT2D eigenvalue weighted by molar-refractivity contribution is 6.30. The van der Waals surface area contributed by atoms with Crippen LogP contribution in [0.2, 0.25) is 5.02 Å². The maximum atomic E-state index is 15.2. The van der Waals surface area contributed by atoms with Gasteiger partial charge in [-0.15, -0.1) is 0 Å². The fourth-order valence-corrected chi connectivity index (χ4v) is 12.1. The number of nitrogens with two attached hydrogens (primary N) is 3. The topological polar surface area (TPSA) is 488 Å². The van der Waals surface area contributed by atoms with Crippen LogP contribution in [0.5, 0.6) is 5.75 Å². The fourth-order valence-electron chi connectivity index (χ4n) is 11.9. The minimum atomic E-state index is -1.88. The van der Waals surface area contributed by atoms with E-state index in [-0.39, 0.29) is 88.5 Å². The van der Waals surface area contributed by atoms with Gasteiger partial charge in [-0.2, -0.15) is 0 Å². The van der Waals surface area contributed by atoms with Crippen LogP contribution in [0.1, 0.15) is 122 Å². The smallest absolute Gasteiger partial charge is 0.245 e. The van der Waals surface area contributed by atoms with Gasteiger partial charge in [0.1, 0.15) is 72.2 Å². The first-order chi connectivity index (χ1) is 48.9. The van der Waals surface area contributed by atoms with Crippen molar-refractivity contribution in [2.45, 2.75) is 198 Å². The number of carbonyl (C=O) groups is 13. The lowest BCUT2D eigenvalue weighted by Gasteiger charge is -2.31. The van der Waals surface area contributed by atoms with Crippen molar-refractivity contribution in [1.82, 2.24) is 63.4 Å². The number of amides is 13. The average molecular weight is 1450 g/mol. The average Bonchev–Trinajstić information content (AvgIpc) is 1.79. The molecule has 1 unspecified atom stereocenters. The maximum Gasteiger partial charge on any atom is 0.245 e. The van der Waals surface area contributed by atoms with E-state index in [1.807, 2.05) is 37.3 Å². The second-order valence-corrected chi connectivity index (χ2v) is 26.9. The second kappa shape index (κ2) is 39.7. The molecule has 2 aliphatic rings. The monoisotopic (exact) mass is 1450 g/mol. The van der Waals surface area contributed by atoms with Crippen molar-refractivity contribution in [1.29, 1.82) is 0 Å². The second-order valence-electron chi connectivity index (χ2n) is 26.4. The number of hydrogen-bond donors (Lipinski definition) is 16. The molecule has 4 aromatic carbocycles. The van der Waals surface area contributed by atoms with Crippen LogP contribution in [0.4, 0.5) is 0 Å². The molecule has 0 saturated carbocycles. The van der Waals surface area contributed by atoms with Crippen LogP contribution in [0.3, 0.4) is 0 Å². The third-order valence-electron chi connectivity index (χ3n) is 17.5. The fraction of sp³-hybridized carbons (Fsp3) is 0.493. The van der Waals surface area contributed by atoms with E-state index in [1.54, 1.807) is 50.2 Å². The van der Waals surface area contributed by atoms with Gasteiger partial charge in [-0.3, -0.25) is 67.3 Å². The van der Waals surface area contributed by atoms with Crippen molar-refractivity contribution in [2.75, 3.05) is 19.7 Å². The van der Waals surface area contributed by atoms with E-state index in [0.717, 1.165) is 17.7 Å². The molecule has 19 N–H and O–H groups in total. The van der Waals surface area contributed by atoms with Gasteiger partial charge in [0.15, 0.2) is 5.96 Å². The van der Waals surface area contributed by atoms with Gasteiger partial charge in [0.05, 0.1) is 13.0 Å². The number of hydrogen-bond acceptors (Lipinski definition) is 16. The number of fused-ring (bicyclic) bond motifs is 1. The molecular formula is C71H97ClN16O15. The van der Waals surface area contributed by atoms with Gasteiger partial charge in [0, 0.05) is 50.3 Å². The number of likely N-dealkylation sites (tertiary alicyclic amines) is 1. The van der Waals surface area contributed by atoms with E-state index in [9.17, 15) is 63.0 Å². The minimum absolute atomic E-state index is 0.00242. The van der Waals surface area contributed by atoms with Crippen LogP contribution in [0, 0.1) is 5.92 Å². The number of nitrogens with zero attached hydrogens (tertiary/aromatic N) is 2. The summed E-state index contributed by atoms with van der Waals surface area (Å²) in [6.45, 7) is 8.36. The lowest BCUT2D eigenvalue weighted by molar-refractivity contribution is -0.142. The van der Waals surface area contributed by atoms with Gasteiger partial charge in [-0.1, -0.05) is 112 Å². The van der Waals surface area contributed by atoms with E-state index in [4.69, 9.17) is 28.8 Å². The molecule has 2 fully saturated rings. The summed E-state index contributed by atoms with van der Waals surface area (Å²) in [5.74, 6) is -11.7. The zero-order valence-corrected chi connectivity index (χ0v) is 59.4. The highest BCUT2D eigenvalue weighted by Gasteiger charge is 2.41. The Morgan fingerprint density at radius 1 is 0.670 bits per heavy atom.